The fourth-order valence-corrected chi connectivity index (χ4v) is 4.46. The molecule has 0 aliphatic heterocycles. The maximum absolute atomic E-state index is 12.9. The lowest BCUT2D eigenvalue weighted by Gasteiger charge is -2.09. The Labute approximate surface area is 174 Å². The van der Waals surface area contributed by atoms with E-state index in [4.69, 9.17) is 0 Å². The van der Waals surface area contributed by atoms with Crippen LogP contribution in [0.3, 0.4) is 0 Å². The number of carbonyl (C=O) groups excluding carboxylic acids is 1. The summed E-state index contributed by atoms with van der Waals surface area (Å²) in [5.41, 5.74) is 1.48. The smallest absolute Gasteiger partial charge is 0.279 e. The first-order chi connectivity index (χ1) is 14.2. The van der Waals surface area contributed by atoms with Gasteiger partial charge in [0.05, 0.1) is 11.8 Å². The molecule has 0 aliphatic carbocycles. The maximum atomic E-state index is 12.9. The third kappa shape index (κ3) is 5.24. The van der Waals surface area contributed by atoms with Gasteiger partial charge in [0, 0.05) is 16.8 Å². The second-order valence-electron chi connectivity index (χ2n) is 5.90. The van der Waals surface area contributed by atoms with Crippen LogP contribution in [-0.2, 0) is 16.2 Å². The third-order valence-electron chi connectivity index (χ3n) is 3.80. The SMILES string of the molecule is O=C(N/N=C\c1ccccc1C(F)(F)F)c1ccc(NS(=O)(=O)c2cccs2)cc1. The average molecular weight is 453 g/mol. The number of hydrogen-bond acceptors (Lipinski definition) is 5. The van der Waals surface area contributed by atoms with Gasteiger partial charge in [-0.2, -0.15) is 18.3 Å². The van der Waals surface area contributed by atoms with Gasteiger partial charge in [0.1, 0.15) is 4.21 Å². The second kappa shape index (κ2) is 8.67. The van der Waals surface area contributed by atoms with Crippen LogP contribution < -0.4 is 10.1 Å². The van der Waals surface area contributed by atoms with Crippen molar-refractivity contribution in [3.63, 3.8) is 0 Å². The molecule has 6 nitrogen and oxygen atoms in total. The zero-order chi connectivity index (χ0) is 21.8. The number of thiophene rings is 1. The number of nitrogens with zero attached hydrogens (tertiary/aromatic N) is 1. The van der Waals surface area contributed by atoms with Crippen LogP contribution in [-0.4, -0.2) is 20.5 Å². The van der Waals surface area contributed by atoms with Gasteiger partial charge in [0.2, 0.25) is 0 Å². The van der Waals surface area contributed by atoms with Crippen molar-refractivity contribution in [2.75, 3.05) is 4.72 Å². The Bertz CT molecular complexity index is 1160. The molecule has 0 aliphatic rings. The summed E-state index contributed by atoms with van der Waals surface area (Å²) in [6.07, 6.45) is -3.64. The predicted molar refractivity (Wildman–Crippen MR) is 108 cm³/mol. The number of anilines is 1. The van der Waals surface area contributed by atoms with Crippen LogP contribution in [0.2, 0.25) is 0 Å². The Morgan fingerprint density at radius 2 is 1.70 bits per heavy atom. The number of hydrogen-bond donors (Lipinski definition) is 2. The van der Waals surface area contributed by atoms with Crippen molar-refractivity contribution in [3.05, 3.63) is 82.7 Å². The molecule has 0 saturated carbocycles. The summed E-state index contributed by atoms with van der Waals surface area (Å²) in [6.45, 7) is 0. The van der Waals surface area contributed by atoms with Gasteiger partial charge in [0.25, 0.3) is 15.9 Å². The van der Waals surface area contributed by atoms with Crippen LogP contribution in [0, 0.1) is 0 Å². The van der Waals surface area contributed by atoms with Gasteiger partial charge >= 0.3 is 6.18 Å². The summed E-state index contributed by atoms with van der Waals surface area (Å²) in [6, 6.07) is 13.4. The summed E-state index contributed by atoms with van der Waals surface area (Å²) in [5.74, 6) is -0.664. The molecular weight excluding hydrogens is 439 g/mol. The van der Waals surface area contributed by atoms with Crippen LogP contribution in [0.1, 0.15) is 21.5 Å². The molecule has 1 heterocycles. The number of rotatable bonds is 6. The lowest BCUT2D eigenvalue weighted by atomic mass is 10.1. The monoisotopic (exact) mass is 453 g/mol. The lowest BCUT2D eigenvalue weighted by molar-refractivity contribution is -0.137. The van der Waals surface area contributed by atoms with Crippen molar-refractivity contribution < 1.29 is 26.4 Å². The number of alkyl halides is 3. The fraction of sp³-hybridized carbons (Fsp3) is 0.0526. The van der Waals surface area contributed by atoms with E-state index in [1.54, 1.807) is 11.4 Å². The number of sulfonamides is 1. The van der Waals surface area contributed by atoms with Gasteiger partial charge < -0.3 is 0 Å². The van der Waals surface area contributed by atoms with Gasteiger partial charge in [-0.3, -0.25) is 9.52 Å². The van der Waals surface area contributed by atoms with Crippen molar-refractivity contribution in [1.82, 2.24) is 5.43 Å². The van der Waals surface area contributed by atoms with Crippen molar-refractivity contribution in [2.24, 2.45) is 5.10 Å². The minimum absolute atomic E-state index is 0.148. The van der Waals surface area contributed by atoms with Gasteiger partial charge in [-0.25, -0.2) is 13.8 Å². The molecule has 0 fully saturated rings. The van der Waals surface area contributed by atoms with Crippen molar-refractivity contribution in [2.45, 2.75) is 10.4 Å². The molecule has 0 radical (unpaired) electrons. The zero-order valence-corrected chi connectivity index (χ0v) is 16.7. The molecule has 3 aromatic rings. The highest BCUT2D eigenvalue weighted by atomic mass is 32.2. The molecule has 0 bridgehead atoms. The number of hydrazone groups is 1. The van der Waals surface area contributed by atoms with E-state index < -0.39 is 27.7 Å². The Hall–Kier alpha value is -3.18. The van der Waals surface area contributed by atoms with Crippen molar-refractivity contribution in [1.29, 1.82) is 0 Å². The Morgan fingerprint density at radius 3 is 2.33 bits per heavy atom. The molecule has 0 atom stereocenters. The Balaban J connectivity index is 1.65. The number of nitrogens with one attached hydrogen (secondary N) is 2. The highest BCUT2D eigenvalue weighted by Crippen LogP contribution is 2.31. The van der Waals surface area contributed by atoms with Gasteiger partial charge in [-0.1, -0.05) is 24.3 Å². The molecule has 30 heavy (non-hydrogen) atoms. The highest BCUT2D eigenvalue weighted by Gasteiger charge is 2.32. The van der Waals surface area contributed by atoms with Gasteiger partial charge in [-0.05, 0) is 41.8 Å². The first kappa shape index (κ1) is 21.5. The summed E-state index contributed by atoms with van der Waals surface area (Å²) < 4.78 is 65.7. The first-order valence-corrected chi connectivity index (χ1v) is 10.7. The predicted octanol–water partition coefficient (Wildman–Crippen LogP) is 4.33. The zero-order valence-electron chi connectivity index (χ0n) is 15.1. The van der Waals surface area contributed by atoms with Gasteiger partial charge in [-0.15, -0.1) is 11.3 Å². The summed E-state index contributed by atoms with van der Waals surface area (Å²) >= 11 is 1.07. The first-order valence-electron chi connectivity index (χ1n) is 8.33. The summed E-state index contributed by atoms with van der Waals surface area (Å²) in [7, 11) is -3.71. The molecular formula is C19H14F3N3O3S2. The lowest BCUT2D eigenvalue weighted by Crippen LogP contribution is -2.18. The van der Waals surface area contributed by atoms with E-state index in [2.05, 4.69) is 15.2 Å². The summed E-state index contributed by atoms with van der Waals surface area (Å²) in [5, 5.41) is 5.21. The van der Waals surface area contributed by atoms with E-state index in [0.717, 1.165) is 23.6 Å². The van der Waals surface area contributed by atoms with Crippen LogP contribution in [0.25, 0.3) is 0 Å². The topological polar surface area (TPSA) is 87.6 Å². The van der Waals surface area contributed by atoms with Crippen LogP contribution in [0.4, 0.5) is 18.9 Å². The third-order valence-corrected chi connectivity index (χ3v) is 6.57. The average Bonchev–Trinajstić information content (AvgIpc) is 3.24. The molecule has 3 rings (SSSR count). The number of benzene rings is 2. The van der Waals surface area contributed by atoms with Crippen molar-refractivity contribution in [3.8, 4) is 0 Å². The standard InChI is InChI=1S/C19H14F3N3O3S2/c20-19(21,22)16-5-2-1-4-14(16)12-23-24-18(26)13-7-9-15(10-8-13)25-30(27,28)17-6-3-11-29-17/h1-12,25H,(H,24,26)/b23-12-. The minimum atomic E-state index is -4.54. The molecule has 11 heteroatoms. The molecule has 1 aromatic heterocycles. The maximum Gasteiger partial charge on any atom is 0.417 e. The quantitative estimate of drug-likeness (QED) is 0.430. The summed E-state index contributed by atoms with van der Waals surface area (Å²) in [4.78, 5) is 12.1. The van der Waals surface area contributed by atoms with E-state index in [1.807, 2.05) is 0 Å². The number of amides is 1. The van der Waals surface area contributed by atoms with Crippen LogP contribution >= 0.6 is 11.3 Å². The van der Waals surface area contributed by atoms with Crippen LogP contribution in [0.5, 0.6) is 0 Å². The van der Waals surface area contributed by atoms with E-state index in [-0.39, 0.29) is 21.0 Å². The number of halogens is 3. The van der Waals surface area contributed by atoms with Crippen molar-refractivity contribution >= 4 is 39.2 Å². The molecule has 1 amide bonds. The molecule has 2 N–H and O–H groups in total. The molecule has 0 spiro atoms. The fourth-order valence-electron chi connectivity index (χ4n) is 2.40. The van der Waals surface area contributed by atoms with E-state index >= 15 is 0 Å². The molecule has 0 saturated heterocycles. The largest absolute Gasteiger partial charge is 0.417 e. The Morgan fingerprint density at radius 1 is 1.00 bits per heavy atom. The molecule has 2 aromatic carbocycles. The van der Waals surface area contributed by atoms with Gasteiger partial charge in [0.15, 0.2) is 0 Å². The van der Waals surface area contributed by atoms with E-state index in [1.165, 1.54) is 48.5 Å². The van der Waals surface area contributed by atoms with E-state index in [0.29, 0.717) is 0 Å². The number of carbonyl (C=O) groups is 1. The Kier molecular flexibility index (Phi) is 6.22. The normalized spacial score (nSPS) is 12.1. The molecule has 0 unspecified atom stereocenters. The highest BCUT2D eigenvalue weighted by molar-refractivity contribution is 7.94. The van der Waals surface area contributed by atoms with E-state index in [9.17, 15) is 26.4 Å². The van der Waals surface area contributed by atoms with Crippen LogP contribution in [0.15, 0.2) is 75.4 Å². The molecule has 156 valence electrons. The second-order valence-corrected chi connectivity index (χ2v) is 8.76. The minimum Gasteiger partial charge on any atom is -0.279 e.